The standard InChI is InChI=1S/C11H12BrClFNO2/c1-6(2)8(12)3-7-4-10(14)9(13)5-11(7)15(16)17/h4-6,8H,3H2,1-2H3. The van der Waals surface area contributed by atoms with Gasteiger partial charge >= 0.3 is 0 Å². The molecule has 1 rings (SSSR count). The van der Waals surface area contributed by atoms with Crippen LogP contribution in [0.15, 0.2) is 12.1 Å². The van der Waals surface area contributed by atoms with E-state index < -0.39 is 10.7 Å². The average Bonchev–Trinajstić information content (AvgIpc) is 2.22. The van der Waals surface area contributed by atoms with Crippen LogP contribution in [-0.2, 0) is 6.42 Å². The number of nitro benzene ring substituents is 1. The van der Waals surface area contributed by atoms with Crippen molar-refractivity contribution < 1.29 is 9.31 Å². The highest BCUT2D eigenvalue weighted by Crippen LogP contribution is 2.29. The Morgan fingerprint density at radius 3 is 2.59 bits per heavy atom. The van der Waals surface area contributed by atoms with E-state index in [0.29, 0.717) is 17.9 Å². The fourth-order valence-corrected chi connectivity index (χ4v) is 1.86. The van der Waals surface area contributed by atoms with Gasteiger partial charge in [-0.15, -0.1) is 0 Å². The maximum Gasteiger partial charge on any atom is 0.274 e. The maximum absolute atomic E-state index is 13.3. The van der Waals surface area contributed by atoms with Crippen molar-refractivity contribution in [2.75, 3.05) is 0 Å². The van der Waals surface area contributed by atoms with Crippen LogP contribution in [0.5, 0.6) is 0 Å². The molecule has 0 fully saturated rings. The third-order valence-corrected chi connectivity index (χ3v) is 4.13. The lowest BCUT2D eigenvalue weighted by molar-refractivity contribution is -0.385. The Labute approximate surface area is 112 Å². The van der Waals surface area contributed by atoms with Crippen LogP contribution in [0.2, 0.25) is 5.02 Å². The molecular weight excluding hydrogens is 312 g/mol. The summed E-state index contributed by atoms with van der Waals surface area (Å²) >= 11 is 8.97. The van der Waals surface area contributed by atoms with E-state index >= 15 is 0 Å². The molecule has 17 heavy (non-hydrogen) atoms. The molecule has 0 aliphatic rings. The minimum Gasteiger partial charge on any atom is -0.258 e. The van der Waals surface area contributed by atoms with Crippen LogP contribution >= 0.6 is 27.5 Å². The molecule has 0 heterocycles. The molecule has 0 bridgehead atoms. The Bertz CT molecular complexity index is 440. The zero-order chi connectivity index (χ0) is 13.2. The van der Waals surface area contributed by atoms with Gasteiger partial charge in [0.25, 0.3) is 5.69 Å². The van der Waals surface area contributed by atoms with Crippen molar-refractivity contribution in [3.63, 3.8) is 0 Å². The molecule has 0 saturated carbocycles. The third kappa shape index (κ3) is 3.64. The van der Waals surface area contributed by atoms with Crippen molar-refractivity contribution in [3.8, 4) is 0 Å². The SMILES string of the molecule is CC(C)C(Br)Cc1cc(F)c(Cl)cc1[N+](=O)[O-]. The molecule has 0 spiro atoms. The van der Waals surface area contributed by atoms with Crippen LogP contribution in [0, 0.1) is 21.8 Å². The quantitative estimate of drug-likeness (QED) is 0.469. The fourth-order valence-electron chi connectivity index (χ4n) is 1.36. The topological polar surface area (TPSA) is 43.1 Å². The van der Waals surface area contributed by atoms with Crippen molar-refractivity contribution in [1.82, 2.24) is 0 Å². The van der Waals surface area contributed by atoms with Crippen LogP contribution in [0.25, 0.3) is 0 Å². The minimum atomic E-state index is -0.629. The molecule has 0 radical (unpaired) electrons. The summed E-state index contributed by atoms with van der Waals surface area (Å²) in [6.07, 6.45) is 0.391. The summed E-state index contributed by atoms with van der Waals surface area (Å²) in [6, 6.07) is 2.20. The number of nitrogens with zero attached hydrogens (tertiary/aromatic N) is 1. The second-order valence-corrected chi connectivity index (χ2v) is 5.70. The number of hydrogen-bond acceptors (Lipinski definition) is 2. The monoisotopic (exact) mass is 323 g/mol. The summed E-state index contributed by atoms with van der Waals surface area (Å²) in [5.74, 6) is -0.330. The van der Waals surface area contributed by atoms with Crippen molar-refractivity contribution >= 4 is 33.2 Å². The number of halogens is 3. The van der Waals surface area contributed by atoms with Crippen molar-refractivity contribution in [1.29, 1.82) is 0 Å². The molecule has 1 aromatic rings. The Morgan fingerprint density at radius 1 is 1.53 bits per heavy atom. The lowest BCUT2D eigenvalue weighted by Crippen LogP contribution is -2.12. The van der Waals surface area contributed by atoms with E-state index in [1.54, 1.807) is 0 Å². The molecule has 1 unspecified atom stereocenters. The lowest BCUT2D eigenvalue weighted by atomic mass is 10.0. The number of alkyl halides is 1. The van der Waals surface area contributed by atoms with Crippen LogP contribution in [0.1, 0.15) is 19.4 Å². The van der Waals surface area contributed by atoms with E-state index in [4.69, 9.17) is 11.6 Å². The Balaban J connectivity index is 3.13. The summed E-state index contributed by atoms with van der Waals surface area (Å²) in [5.41, 5.74) is 0.217. The molecular formula is C11H12BrClFNO2. The van der Waals surface area contributed by atoms with E-state index in [0.717, 1.165) is 12.1 Å². The van der Waals surface area contributed by atoms with Crippen LogP contribution < -0.4 is 0 Å². The van der Waals surface area contributed by atoms with Gasteiger partial charge in [-0.2, -0.15) is 0 Å². The van der Waals surface area contributed by atoms with E-state index in [9.17, 15) is 14.5 Å². The summed E-state index contributed by atoms with van der Waals surface area (Å²) in [4.78, 5) is 10.4. The molecule has 94 valence electrons. The first-order chi connectivity index (χ1) is 7.82. The molecule has 0 aliphatic carbocycles. The van der Waals surface area contributed by atoms with Gasteiger partial charge in [-0.25, -0.2) is 4.39 Å². The summed E-state index contributed by atoms with van der Waals surface area (Å²) in [5, 5.41) is 10.6. The first-order valence-electron chi connectivity index (χ1n) is 5.09. The average molecular weight is 325 g/mol. The number of benzene rings is 1. The highest BCUT2D eigenvalue weighted by molar-refractivity contribution is 9.09. The second-order valence-electron chi connectivity index (χ2n) is 4.12. The minimum absolute atomic E-state index is 0.0572. The van der Waals surface area contributed by atoms with Gasteiger partial charge in [-0.3, -0.25) is 10.1 Å². The van der Waals surface area contributed by atoms with Crippen LogP contribution in [0.3, 0.4) is 0 Å². The van der Waals surface area contributed by atoms with Gasteiger partial charge in [0, 0.05) is 16.5 Å². The number of nitro groups is 1. The molecule has 0 saturated heterocycles. The lowest BCUT2D eigenvalue weighted by Gasteiger charge is -2.13. The smallest absolute Gasteiger partial charge is 0.258 e. The third-order valence-electron chi connectivity index (χ3n) is 2.46. The van der Waals surface area contributed by atoms with E-state index in [1.807, 2.05) is 13.8 Å². The van der Waals surface area contributed by atoms with Crippen molar-refractivity contribution in [2.24, 2.45) is 5.92 Å². The van der Waals surface area contributed by atoms with E-state index in [2.05, 4.69) is 15.9 Å². The Kier molecular flexibility index (Phi) is 4.89. The molecule has 0 N–H and O–H groups in total. The highest BCUT2D eigenvalue weighted by atomic mass is 79.9. The Morgan fingerprint density at radius 2 is 2.12 bits per heavy atom. The second kappa shape index (κ2) is 5.78. The highest BCUT2D eigenvalue weighted by Gasteiger charge is 2.21. The van der Waals surface area contributed by atoms with E-state index in [1.165, 1.54) is 0 Å². The van der Waals surface area contributed by atoms with Crippen molar-refractivity contribution in [3.05, 3.63) is 38.7 Å². The molecule has 1 atom stereocenters. The van der Waals surface area contributed by atoms with E-state index in [-0.39, 0.29) is 15.5 Å². The van der Waals surface area contributed by atoms with Gasteiger partial charge in [0.05, 0.1) is 9.95 Å². The zero-order valence-electron chi connectivity index (χ0n) is 9.41. The van der Waals surface area contributed by atoms with Crippen LogP contribution in [-0.4, -0.2) is 9.75 Å². The number of hydrogen-bond donors (Lipinski definition) is 0. The fraction of sp³-hybridized carbons (Fsp3) is 0.455. The molecule has 3 nitrogen and oxygen atoms in total. The van der Waals surface area contributed by atoms with Gasteiger partial charge < -0.3 is 0 Å². The maximum atomic E-state index is 13.3. The summed E-state index contributed by atoms with van der Waals surface area (Å²) < 4.78 is 13.3. The van der Waals surface area contributed by atoms with Gasteiger partial charge in [-0.05, 0) is 18.4 Å². The largest absolute Gasteiger partial charge is 0.274 e. The molecule has 0 aliphatic heterocycles. The van der Waals surface area contributed by atoms with Gasteiger partial charge in [0.2, 0.25) is 0 Å². The summed E-state index contributed by atoms with van der Waals surface area (Å²) in [6.45, 7) is 3.97. The molecule has 0 aromatic heterocycles. The Hall–Kier alpha value is -0.680. The summed E-state index contributed by atoms with van der Waals surface area (Å²) in [7, 11) is 0. The van der Waals surface area contributed by atoms with Crippen LogP contribution in [0.4, 0.5) is 10.1 Å². The first-order valence-corrected chi connectivity index (χ1v) is 6.38. The van der Waals surface area contributed by atoms with Crippen molar-refractivity contribution in [2.45, 2.75) is 25.1 Å². The van der Waals surface area contributed by atoms with Gasteiger partial charge in [0.15, 0.2) is 0 Å². The number of rotatable bonds is 4. The predicted octanol–water partition coefficient (Wildman–Crippen LogP) is 4.35. The molecule has 6 heteroatoms. The van der Waals surface area contributed by atoms with Gasteiger partial charge in [0.1, 0.15) is 5.82 Å². The zero-order valence-corrected chi connectivity index (χ0v) is 11.8. The van der Waals surface area contributed by atoms with Gasteiger partial charge in [-0.1, -0.05) is 41.4 Å². The molecule has 0 amide bonds. The molecule has 1 aromatic carbocycles. The first kappa shape index (κ1) is 14.4. The predicted molar refractivity (Wildman–Crippen MR) is 69.3 cm³/mol. The normalized spacial score (nSPS) is 12.8.